The van der Waals surface area contributed by atoms with Gasteiger partial charge in [-0.3, -0.25) is 9.78 Å². The third-order valence-electron chi connectivity index (χ3n) is 9.72. The summed E-state index contributed by atoms with van der Waals surface area (Å²) in [5.41, 5.74) is 9.53. The number of sulfonamides is 1. The summed E-state index contributed by atoms with van der Waals surface area (Å²) in [6.07, 6.45) is 4.45. The van der Waals surface area contributed by atoms with E-state index in [9.17, 15) is 13.2 Å². The highest BCUT2D eigenvalue weighted by Gasteiger charge is 2.34. The molecule has 0 radical (unpaired) electrons. The number of hydrogen-bond acceptors (Lipinski definition) is 6. The van der Waals surface area contributed by atoms with Gasteiger partial charge in [0.25, 0.3) is 0 Å². The number of aromatic nitrogens is 4. The van der Waals surface area contributed by atoms with Crippen molar-refractivity contribution in [3.8, 4) is 0 Å². The zero-order chi connectivity index (χ0) is 33.5. The summed E-state index contributed by atoms with van der Waals surface area (Å²) in [7, 11) is -3.71. The predicted octanol–water partition coefficient (Wildman–Crippen LogP) is 6.73. The quantitative estimate of drug-likeness (QED) is 0.176. The summed E-state index contributed by atoms with van der Waals surface area (Å²) in [6, 6.07) is 19.8. The average molecular weight is 650 g/mol. The number of aryl methyl sites for hydroxylation is 4. The van der Waals surface area contributed by atoms with E-state index in [0.717, 1.165) is 62.0 Å². The van der Waals surface area contributed by atoms with E-state index in [1.165, 1.54) is 0 Å². The Morgan fingerprint density at radius 1 is 1.04 bits per heavy atom. The topological polar surface area (TPSA) is 98.0 Å². The number of benzene rings is 3. The number of nitrogens with zero attached hydrogens (tertiary/aromatic N) is 5. The first-order chi connectivity index (χ1) is 22.5. The number of ketones is 1. The number of fused-ring (bicyclic) bond motifs is 2. The van der Waals surface area contributed by atoms with Crippen molar-refractivity contribution >= 4 is 26.8 Å². The third-order valence-corrected chi connectivity index (χ3v) is 11.6. The number of carbonyl (C=O) groups is 1. The number of pyridine rings is 1. The van der Waals surface area contributed by atoms with Crippen LogP contribution in [0.1, 0.15) is 71.2 Å². The van der Waals surface area contributed by atoms with E-state index in [1.807, 2.05) is 62.7 Å². The molecule has 0 fully saturated rings. The molecule has 9 heteroatoms. The minimum absolute atomic E-state index is 0.109. The van der Waals surface area contributed by atoms with Crippen LogP contribution in [0.4, 0.5) is 0 Å². The summed E-state index contributed by atoms with van der Waals surface area (Å²) < 4.78 is 31.6. The van der Waals surface area contributed by atoms with Gasteiger partial charge >= 0.3 is 0 Å². The molecule has 0 N–H and O–H groups in total. The molecule has 0 saturated carbocycles. The first-order valence-electron chi connectivity index (χ1n) is 16.4. The minimum Gasteiger partial charge on any atom is -0.299 e. The molecule has 0 bridgehead atoms. The maximum Gasteiger partial charge on any atom is 0.243 e. The van der Waals surface area contributed by atoms with E-state index in [-0.39, 0.29) is 36.5 Å². The van der Waals surface area contributed by atoms with Gasteiger partial charge in [-0.1, -0.05) is 67.1 Å². The lowest BCUT2D eigenvalue weighted by Crippen LogP contribution is -2.33. The largest absolute Gasteiger partial charge is 0.299 e. The van der Waals surface area contributed by atoms with Crippen LogP contribution in [-0.2, 0) is 40.7 Å². The van der Waals surface area contributed by atoms with Gasteiger partial charge in [-0.25, -0.2) is 13.1 Å². The van der Waals surface area contributed by atoms with Crippen LogP contribution < -0.4 is 0 Å². The predicted molar refractivity (Wildman–Crippen MR) is 185 cm³/mol. The Kier molecular flexibility index (Phi) is 9.14. The Labute approximate surface area is 277 Å². The molecule has 244 valence electrons. The lowest BCUT2D eigenvalue weighted by molar-refractivity contribution is -0.122. The molecular formula is C38H43N5O3S. The van der Waals surface area contributed by atoms with Gasteiger partial charge in [-0.05, 0) is 97.2 Å². The van der Waals surface area contributed by atoms with Crippen LogP contribution in [0.25, 0.3) is 11.0 Å². The van der Waals surface area contributed by atoms with E-state index in [0.29, 0.717) is 18.0 Å². The SMILES string of the molecule is CCn1nnc2c(C)c([C@H](c3ccc(C)c(CN4C[C@@H](C)Cc5cc(C)ccc5S4(=O)=O)c3)[C@@H](C)C(=O)Cc3cccnc3)ccc21. The van der Waals surface area contributed by atoms with Gasteiger partial charge in [0.15, 0.2) is 0 Å². The van der Waals surface area contributed by atoms with Crippen LogP contribution in [-0.4, -0.2) is 45.0 Å². The standard InChI is InChI=1S/C38H43N5O3S/c1-7-43-34-14-13-33(27(5)38(34)40-41-43)37(28(6)35(44)19-29-9-8-16-39-21-29)30-12-11-26(4)32(20-30)23-42-22-25(3)18-31-17-24(2)10-15-36(31)47(42,45)46/h8-17,20-21,25,28,37H,7,18-19,22-23H2,1-6H3/t25-,28-,37-/m0/s1. The van der Waals surface area contributed by atoms with Crippen LogP contribution in [0.2, 0.25) is 0 Å². The van der Waals surface area contributed by atoms with E-state index < -0.39 is 10.0 Å². The molecule has 3 atom stereocenters. The molecule has 3 heterocycles. The fraction of sp³-hybridized carbons (Fsp3) is 0.368. The minimum atomic E-state index is -3.71. The average Bonchev–Trinajstić information content (AvgIpc) is 3.44. The summed E-state index contributed by atoms with van der Waals surface area (Å²) in [4.78, 5) is 18.6. The molecular weight excluding hydrogens is 607 g/mol. The van der Waals surface area contributed by atoms with Crippen molar-refractivity contribution in [2.75, 3.05) is 6.54 Å². The van der Waals surface area contributed by atoms with E-state index in [2.05, 4.69) is 53.4 Å². The van der Waals surface area contributed by atoms with Gasteiger partial charge in [0, 0.05) is 50.3 Å². The maximum absolute atomic E-state index is 14.1. The highest BCUT2D eigenvalue weighted by molar-refractivity contribution is 7.89. The van der Waals surface area contributed by atoms with Crippen molar-refractivity contribution in [1.29, 1.82) is 0 Å². The molecule has 47 heavy (non-hydrogen) atoms. The Morgan fingerprint density at radius 3 is 2.60 bits per heavy atom. The van der Waals surface area contributed by atoms with E-state index >= 15 is 0 Å². The van der Waals surface area contributed by atoms with Gasteiger partial charge in [-0.15, -0.1) is 5.10 Å². The van der Waals surface area contributed by atoms with Gasteiger partial charge in [-0.2, -0.15) is 4.31 Å². The zero-order valence-electron chi connectivity index (χ0n) is 28.1. The Bertz CT molecular complexity index is 2060. The van der Waals surface area contributed by atoms with Crippen LogP contribution in [0.15, 0.2) is 78.0 Å². The normalized spacial score (nSPS) is 17.6. The van der Waals surface area contributed by atoms with Crippen molar-refractivity contribution in [3.63, 3.8) is 0 Å². The first-order valence-corrected chi connectivity index (χ1v) is 17.8. The molecule has 5 aromatic rings. The molecule has 6 rings (SSSR count). The smallest absolute Gasteiger partial charge is 0.243 e. The van der Waals surface area contributed by atoms with Crippen LogP contribution in [0, 0.1) is 32.6 Å². The lowest BCUT2D eigenvalue weighted by Gasteiger charge is -2.28. The van der Waals surface area contributed by atoms with Gasteiger partial charge < -0.3 is 0 Å². The Balaban J connectivity index is 1.42. The molecule has 8 nitrogen and oxygen atoms in total. The van der Waals surface area contributed by atoms with Gasteiger partial charge in [0.2, 0.25) is 10.0 Å². The highest BCUT2D eigenvalue weighted by Crippen LogP contribution is 2.39. The number of carbonyl (C=O) groups excluding carboxylic acids is 1. The summed E-state index contributed by atoms with van der Waals surface area (Å²) in [5.74, 6) is -0.379. The number of hydrogen-bond donors (Lipinski definition) is 0. The molecule has 1 aliphatic rings. The van der Waals surface area contributed by atoms with Crippen molar-refractivity contribution in [2.24, 2.45) is 11.8 Å². The van der Waals surface area contributed by atoms with Crippen molar-refractivity contribution < 1.29 is 13.2 Å². The molecule has 2 aromatic heterocycles. The molecule has 1 aliphatic heterocycles. The molecule has 0 spiro atoms. The maximum atomic E-state index is 14.1. The third kappa shape index (κ3) is 6.39. The molecule has 0 aliphatic carbocycles. The van der Waals surface area contributed by atoms with Crippen molar-refractivity contribution in [1.82, 2.24) is 24.3 Å². The van der Waals surface area contributed by atoms with E-state index in [4.69, 9.17) is 0 Å². The fourth-order valence-corrected chi connectivity index (χ4v) is 8.83. The van der Waals surface area contributed by atoms with Crippen LogP contribution in [0.5, 0.6) is 0 Å². The number of rotatable bonds is 9. The monoisotopic (exact) mass is 649 g/mol. The number of Topliss-reactive ketones (excluding diaryl/α,β-unsaturated/α-hetero) is 1. The van der Waals surface area contributed by atoms with Crippen molar-refractivity contribution in [2.45, 2.75) is 78.3 Å². The van der Waals surface area contributed by atoms with Crippen molar-refractivity contribution in [3.05, 3.63) is 118 Å². The summed E-state index contributed by atoms with van der Waals surface area (Å²) in [5, 5.41) is 8.86. The lowest BCUT2D eigenvalue weighted by atomic mass is 9.76. The first kappa shape index (κ1) is 32.7. The van der Waals surface area contributed by atoms with Gasteiger partial charge in [0.1, 0.15) is 11.3 Å². The van der Waals surface area contributed by atoms with Crippen LogP contribution in [0.3, 0.4) is 0 Å². The highest BCUT2D eigenvalue weighted by atomic mass is 32.2. The van der Waals surface area contributed by atoms with Gasteiger partial charge in [0.05, 0.1) is 10.4 Å². The molecule has 0 unspecified atom stereocenters. The Hall–Kier alpha value is -4.21. The fourth-order valence-electron chi connectivity index (χ4n) is 7.08. The molecule has 0 saturated heterocycles. The zero-order valence-corrected chi connectivity index (χ0v) is 28.9. The summed E-state index contributed by atoms with van der Waals surface area (Å²) in [6.45, 7) is 13.6. The summed E-state index contributed by atoms with van der Waals surface area (Å²) >= 11 is 0. The molecule has 3 aromatic carbocycles. The Morgan fingerprint density at radius 2 is 1.85 bits per heavy atom. The molecule has 0 amide bonds. The second kappa shape index (κ2) is 13.1. The second-order valence-electron chi connectivity index (χ2n) is 13.2. The van der Waals surface area contributed by atoms with E-state index in [1.54, 1.807) is 22.8 Å². The second-order valence-corrected chi connectivity index (χ2v) is 15.1. The van der Waals surface area contributed by atoms with Crippen LogP contribution >= 0.6 is 0 Å².